The topological polar surface area (TPSA) is 49.3 Å². The van der Waals surface area contributed by atoms with E-state index in [9.17, 15) is 14.3 Å². The predicted octanol–water partition coefficient (Wildman–Crippen LogP) is 3.77. The molecule has 3 nitrogen and oxygen atoms in total. The van der Waals surface area contributed by atoms with Crippen LogP contribution in [-0.2, 0) is 4.79 Å². The summed E-state index contributed by atoms with van der Waals surface area (Å²) in [6.45, 7) is 5.42. The minimum Gasteiger partial charge on any atom is -0.480 e. The normalized spacial score (nSPS) is 15.8. The highest BCUT2D eigenvalue weighted by Gasteiger charge is 2.33. The van der Waals surface area contributed by atoms with Crippen molar-refractivity contribution in [2.75, 3.05) is 0 Å². The van der Waals surface area contributed by atoms with Gasteiger partial charge in [-0.2, -0.15) is 0 Å². The van der Waals surface area contributed by atoms with Crippen molar-refractivity contribution in [3.63, 3.8) is 0 Å². The van der Waals surface area contributed by atoms with E-state index < -0.39 is 17.3 Å². The smallest absolute Gasteiger partial charge is 0.323 e. The van der Waals surface area contributed by atoms with Gasteiger partial charge in [-0.15, -0.1) is 0 Å². The Morgan fingerprint density at radius 3 is 2.68 bits per heavy atom. The van der Waals surface area contributed by atoms with Crippen LogP contribution in [0.1, 0.15) is 45.2 Å². The molecule has 1 rings (SSSR count). The second kappa shape index (κ2) is 6.35. The van der Waals surface area contributed by atoms with Crippen molar-refractivity contribution < 1.29 is 14.3 Å². The Balaban J connectivity index is 2.90. The highest BCUT2D eigenvalue weighted by Crippen LogP contribution is 2.24. The van der Waals surface area contributed by atoms with Crippen molar-refractivity contribution in [3.8, 4) is 0 Å². The van der Waals surface area contributed by atoms with Gasteiger partial charge >= 0.3 is 5.97 Å². The van der Waals surface area contributed by atoms with E-state index in [1.165, 1.54) is 12.1 Å². The fraction of sp³-hybridized carbons (Fsp3) is 0.500. The first-order chi connectivity index (χ1) is 8.80. The van der Waals surface area contributed by atoms with Crippen LogP contribution in [0.2, 0.25) is 5.02 Å². The molecule has 0 radical (unpaired) electrons. The molecule has 106 valence electrons. The first-order valence-electron chi connectivity index (χ1n) is 6.26. The molecule has 0 aliphatic rings. The Morgan fingerprint density at radius 2 is 2.21 bits per heavy atom. The van der Waals surface area contributed by atoms with Gasteiger partial charge in [-0.1, -0.05) is 31.0 Å². The van der Waals surface area contributed by atoms with E-state index in [-0.39, 0.29) is 11.1 Å². The lowest BCUT2D eigenvalue weighted by Crippen LogP contribution is -2.50. The summed E-state index contributed by atoms with van der Waals surface area (Å²) >= 11 is 5.73. The standard InChI is InChI=1S/C14H19ClFNO2/c1-4-7-14(3,13(18)19)17-9(2)10-5-6-12(16)11(15)8-10/h5-6,8-9,17H,4,7H2,1-3H3,(H,18,19). The average molecular weight is 288 g/mol. The number of hydrogen-bond donors (Lipinski definition) is 2. The van der Waals surface area contributed by atoms with Gasteiger partial charge in [-0.05, 0) is 38.0 Å². The number of nitrogens with one attached hydrogen (secondary N) is 1. The van der Waals surface area contributed by atoms with Gasteiger partial charge in [0.15, 0.2) is 0 Å². The summed E-state index contributed by atoms with van der Waals surface area (Å²) in [5, 5.41) is 12.4. The van der Waals surface area contributed by atoms with Gasteiger partial charge in [0.25, 0.3) is 0 Å². The summed E-state index contributed by atoms with van der Waals surface area (Å²) < 4.78 is 13.1. The fourth-order valence-corrected chi connectivity index (χ4v) is 2.27. The number of rotatable bonds is 6. The molecule has 5 heteroatoms. The van der Waals surface area contributed by atoms with Gasteiger partial charge in [0, 0.05) is 6.04 Å². The van der Waals surface area contributed by atoms with E-state index in [0.29, 0.717) is 6.42 Å². The Bertz CT molecular complexity index is 467. The molecule has 0 saturated heterocycles. The molecule has 0 amide bonds. The quantitative estimate of drug-likeness (QED) is 0.837. The van der Waals surface area contributed by atoms with E-state index in [0.717, 1.165) is 12.0 Å². The van der Waals surface area contributed by atoms with E-state index in [2.05, 4.69) is 5.32 Å². The van der Waals surface area contributed by atoms with E-state index in [4.69, 9.17) is 11.6 Å². The molecular formula is C14H19ClFNO2. The van der Waals surface area contributed by atoms with Crippen LogP contribution in [0.4, 0.5) is 4.39 Å². The zero-order valence-electron chi connectivity index (χ0n) is 11.3. The molecule has 0 bridgehead atoms. The maximum absolute atomic E-state index is 13.1. The maximum Gasteiger partial charge on any atom is 0.323 e. The van der Waals surface area contributed by atoms with Crippen LogP contribution in [-0.4, -0.2) is 16.6 Å². The maximum atomic E-state index is 13.1. The molecule has 0 aliphatic carbocycles. The zero-order chi connectivity index (χ0) is 14.6. The third kappa shape index (κ3) is 3.91. The van der Waals surface area contributed by atoms with Gasteiger partial charge in [-0.25, -0.2) is 4.39 Å². The van der Waals surface area contributed by atoms with Crippen molar-refractivity contribution >= 4 is 17.6 Å². The summed E-state index contributed by atoms with van der Waals surface area (Å²) in [6.07, 6.45) is 1.27. The number of carboxylic acids is 1. The van der Waals surface area contributed by atoms with Crippen LogP contribution >= 0.6 is 11.6 Å². The first-order valence-corrected chi connectivity index (χ1v) is 6.64. The van der Waals surface area contributed by atoms with Crippen LogP contribution < -0.4 is 5.32 Å². The van der Waals surface area contributed by atoms with Crippen LogP contribution in [0.5, 0.6) is 0 Å². The Morgan fingerprint density at radius 1 is 1.58 bits per heavy atom. The molecule has 0 saturated carbocycles. The van der Waals surface area contributed by atoms with E-state index in [1.807, 2.05) is 13.8 Å². The van der Waals surface area contributed by atoms with Crippen LogP contribution in [0.15, 0.2) is 18.2 Å². The molecule has 1 aromatic rings. The molecule has 0 heterocycles. The van der Waals surface area contributed by atoms with Crippen molar-refractivity contribution in [1.82, 2.24) is 5.32 Å². The van der Waals surface area contributed by atoms with Crippen LogP contribution in [0.3, 0.4) is 0 Å². The summed E-state index contributed by atoms with van der Waals surface area (Å²) in [7, 11) is 0. The number of carboxylic acid groups (broad SMARTS) is 1. The largest absolute Gasteiger partial charge is 0.480 e. The Hall–Kier alpha value is -1.13. The van der Waals surface area contributed by atoms with Crippen molar-refractivity contribution in [2.45, 2.75) is 45.2 Å². The van der Waals surface area contributed by atoms with Gasteiger partial charge < -0.3 is 5.11 Å². The number of carbonyl (C=O) groups is 1. The second-order valence-corrected chi connectivity index (χ2v) is 5.33. The molecule has 0 spiro atoms. The summed E-state index contributed by atoms with van der Waals surface area (Å²) in [5.41, 5.74) is -0.246. The molecule has 0 fully saturated rings. The van der Waals surface area contributed by atoms with Crippen molar-refractivity contribution in [1.29, 1.82) is 0 Å². The molecule has 19 heavy (non-hydrogen) atoms. The second-order valence-electron chi connectivity index (χ2n) is 4.93. The summed E-state index contributed by atoms with van der Waals surface area (Å²) in [6, 6.07) is 4.18. The Labute approximate surface area is 117 Å². The van der Waals surface area contributed by atoms with Gasteiger partial charge in [0.05, 0.1) is 5.02 Å². The Kier molecular flexibility index (Phi) is 5.32. The summed E-state index contributed by atoms with van der Waals surface area (Å²) in [4.78, 5) is 11.4. The first kappa shape index (κ1) is 15.9. The number of aliphatic carboxylic acids is 1. The average Bonchev–Trinajstić information content (AvgIpc) is 2.32. The van der Waals surface area contributed by atoms with Gasteiger partial charge in [0.2, 0.25) is 0 Å². The molecule has 1 aromatic carbocycles. The number of halogens is 2. The lowest BCUT2D eigenvalue weighted by Gasteiger charge is -2.30. The predicted molar refractivity (Wildman–Crippen MR) is 73.9 cm³/mol. The molecule has 2 unspecified atom stereocenters. The molecule has 0 aliphatic heterocycles. The van der Waals surface area contributed by atoms with E-state index >= 15 is 0 Å². The monoisotopic (exact) mass is 287 g/mol. The molecule has 0 aromatic heterocycles. The number of benzene rings is 1. The minimum atomic E-state index is -1.00. The lowest BCUT2D eigenvalue weighted by atomic mass is 9.94. The fourth-order valence-electron chi connectivity index (χ4n) is 2.08. The van der Waals surface area contributed by atoms with Crippen molar-refractivity contribution in [2.24, 2.45) is 0 Å². The van der Waals surface area contributed by atoms with Crippen molar-refractivity contribution in [3.05, 3.63) is 34.6 Å². The SMILES string of the molecule is CCCC(C)(NC(C)c1ccc(F)c(Cl)c1)C(=O)O. The minimum absolute atomic E-state index is 0.0404. The van der Waals surface area contributed by atoms with E-state index in [1.54, 1.807) is 13.0 Å². The molecular weight excluding hydrogens is 269 g/mol. The van der Waals surface area contributed by atoms with Gasteiger partial charge in [0.1, 0.15) is 11.4 Å². The highest BCUT2D eigenvalue weighted by molar-refractivity contribution is 6.30. The molecule has 2 atom stereocenters. The third-order valence-corrected chi connectivity index (χ3v) is 3.49. The third-order valence-electron chi connectivity index (χ3n) is 3.20. The molecule has 2 N–H and O–H groups in total. The highest BCUT2D eigenvalue weighted by atomic mass is 35.5. The summed E-state index contributed by atoms with van der Waals surface area (Å²) in [5.74, 6) is -1.37. The van der Waals surface area contributed by atoms with Crippen LogP contribution in [0, 0.1) is 5.82 Å². The van der Waals surface area contributed by atoms with Gasteiger partial charge in [-0.3, -0.25) is 10.1 Å². The number of hydrogen-bond acceptors (Lipinski definition) is 2. The lowest BCUT2D eigenvalue weighted by molar-refractivity contribution is -0.144. The van der Waals surface area contributed by atoms with Crippen LogP contribution in [0.25, 0.3) is 0 Å². The zero-order valence-corrected chi connectivity index (χ0v) is 12.1.